The van der Waals surface area contributed by atoms with Crippen molar-refractivity contribution in [2.24, 2.45) is 0 Å². The Hall–Kier alpha value is -3.45. The number of nitrogens with zero attached hydrogens (tertiary/aromatic N) is 4. The number of benzene rings is 2. The maximum Gasteiger partial charge on any atom is 0.234 e. The fourth-order valence-corrected chi connectivity index (χ4v) is 4.27. The number of rotatable bonds is 6. The summed E-state index contributed by atoms with van der Waals surface area (Å²) in [5, 5.41) is 12.4. The lowest BCUT2D eigenvalue weighted by atomic mass is 10.1. The first-order valence-electron chi connectivity index (χ1n) is 9.95. The summed E-state index contributed by atoms with van der Waals surface area (Å²) in [6, 6.07) is 19.7. The van der Waals surface area contributed by atoms with Crippen LogP contribution in [0, 0.1) is 20.8 Å². The Bertz CT molecular complexity index is 1180. The molecular weight excluding hydrogens is 406 g/mol. The van der Waals surface area contributed by atoms with Gasteiger partial charge in [-0.3, -0.25) is 14.3 Å². The van der Waals surface area contributed by atoms with Crippen molar-refractivity contribution >= 4 is 23.4 Å². The normalized spacial score (nSPS) is 10.8. The molecule has 0 saturated carbocycles. The van der Waals surface area contributed by atoms with Crippen LogP contribution in [0.1, 0.15) is 16.7 Å². The van der Waals surface area contributed by atoms with Gasteiger partial charge >= 0.3 is 0 Å². The van der Waals surface area contributed by atoms with Crippen LogP contribution in [-0.2, 0) is 4.79 Å². The molecule has 2 aromatic carbocycles. The van der Waals surface area contributed by atoms with Crippen molar-refractivity contribution in [3.8, 4) is 17.2 Å². The zero-order chi connectivity index (χ0) is 21.8. The van der Waals surface area contributed by atoms with Crippen LogP contribution in [0.4, 0.5) is 5.69 Å². The number of aryl methyl sites for hydroxylation is 3. The molecule has 0 aliphatic rings. The second kappa shape index (κ2) is 9.14. The van der Waals surface area contributed by atoms with E-state index in [-0.39, 0.29) is 11.7 Å². The maximum absolute atomic E-state index is 12.7. The van der Waals surface area contributed by atoms with Gasteiger partial charge in [0, 0.05) is 17.6 Å². The summed E-state index contributed by atoms with van der Waals surface area (Å²) in [6.07, 6.45) is 1.73. The molecule has 1 N–H and O–H groups in total. The molecule has 6 nitrogen and oxygen atoms in total. The number of hydrogen-bond donors (Lipinski definition) is 1. The van der Waals surface area contributed by atoms with E-state index in [1.807, 2.05) is 66.9 Å². The molecular formula is C24H23N5OS. The van der Waals surface area contributed by atoms with E-state index in [1.165, 1.54) is 17.3 Å². The van der Waals surface area contributed by atoms with Gasteiger partial charge in [-0.05, 0) is 56.2 Å². The number of amides is 1. The molecule has 0 fully saturated rings. The van der Waals surface area contributed by atoms with Gasteiger partial charge in [0.25, 0.3) is 0 Å². The number of aromatic nitrogens is 4. The van der Waals surface area contributed by atoms with Crippen molar-refractivity contribution in [1.29, 1.82) is 0 Å². The van der Waals surface area contributed by atoms with Crippen molar-refractivity contribution < 1.29 is 4.79 Å². The van der Waals surface area contributed by atoms with Crippen LogP contribution >= 0.6 is 11.8 Å². The largest absolute Gasteiger partial charge is 0.325 e. The maximum atomic E-state index is 12.7. The van der Waals surface area contributed by atoms with E-state index in [2.05, 4.69) is 39.6 Å². The van der Waals surface area contributed by atoms with Crippen LogP contribution in [0.3, 0.4) is 0 Å². The van der Waals surface area contributed by atoms with Crippen LogP contribution in [0.15, 0.2) is 72.0 Å². The van der Waals surface area contributed by atoms with Crippen LogP contribution in [0.25, 0.3) is 17.2 Å². The first-order chi connectivity index (χ1) is 15.0. The van der Waals surface area contributed by atoms with Crippen LogP contribution in [-0.4, -0.2) is 31.4 Å². The van der Waals surface area contributed by atoms with Gasteiger partial charge in [-0.25, -0.2) is 0 Å². The zero-order valence-electron chi connectivity index (χ0n) is 17.7. The fraction of sp³-hybridized carbons (Fsp3) is 0.167. The number of thioether (sulfide) groups is 1. The predicted molar refractivity (Wildman–Crippen MR) is 125 cm³/mol. The lowest BCUT2D eigenvalue weighted by Gasteiger charge is -2.13. The Balaban J connectivity index is 1.58. The van der Waals surface area contributed by atoms with Gasteiger partial charge in [-0.15, -0.1) is 10.2 Å². The first-order valence-corrected chi connectivity index (χ1v) is 10.9. The molecule has 4 rings (SSSR count). The predicted octanol–water partition coefficient (Wildman–Crippen LogP) is 4.99. The van der Waals surface area contributed by atoms with Crippen molar-refractivity contribution in [3.05, 3.63) is 83.6 Å². The molecule has 0 spiro atoms. The summed E-state index contributed by atoms with van der Waals surface area (Å²) in [5.41, 5.74) is 5.80. The molecule has 7 heteroatoms. The van der Waals surface area contributed by atoms with Gasteiger partial charge < -0.3 is 5.32 Å². The van der Waals surface area contributed by atoms with Crippen molar-refractivity contribution in [2.45, 2.75) is 25.9 Å². The molecule has 1 amide bonds. The third-order valence-corrected chi connectivity index (χ3v) is 5.74. The molecule has 0 unspecified atom stereocenters. The Morgan fingerprint density at radius 2 is 1.68 bits per heavy atom. The molecule has 2 heterocycles. The standard InChI is InChI=1S/C24H23N5OS/c1-16-13-17(2)22(18(3)14-16)26-21(30)15-31-24-28-27-23(20-11-7-8-12-25-20)29(24)19-9-5-4-6-10-19/h4-14H,15H2,1-3H3,(H,26,30). The van der Waals surface area contributed by atoms with E-state index in [1.54, 1.807) is 6.20 Å². The Kier molecular flexibility index (Phi) is 6.13. The van der Waals surface area contributed by atoms with Crippen LogP contribution < -0.4 is 5.32 Å². The molecule has 0 atom stereocenters. The second-order valence-electron chi connectivity index (χ2n) is 7.30. The number of carbonyl (C=O) groups is 1. The first kappa shape index (κ1) is 20.8. The lowest BCUT2D eigenvalue weighted by molar-refractivity contribution is -0.113. The number of hydrogen-bond acceptors (Lipinski definition) is 5. The minimum atomic E-state index is -0.0814. The number of carbonyl (C=O) groups excluding carboxylic acids is 1. The highest BCUT2D eigenvalue weighted by molar-refractivity contribution is 7.99. The summed E-state index contributed by atoms with van der Waals surface area (Å²) in [4.78, 5) is 17.1. The molecule has 2 aromatic heterocycles. The minimum absolute atomic E-state index is 0.0814. The van der Waals surface area contributed by atoms with E-state index >= 15 is 0 Å². The zero-order valence-corrected chi connectivity index (χ0v) is 18.5. The molecule has 4 aromatic rings. The van der Waals surface area contributed by atoms with Gasteiger partial charge in [-0.2, -0.15) is 0 Å². The van der Waals surface area contributed by atoms with Crippen molar-refractivity contribution in [3.63, 3.8) is 0 Å². The lowest BCUT2D eigenvalue weighted by Crippen LogP contribution is -2.16. The third-order valence-electron chi connectivity index (χ3n) is 4.82. The van der Waals surface area contributed by atoms with E-state index in [9.17, 15) is 4.79 Å². The topological polar surface area (TPSA) is 72.7 Å². The summed E-state index contributed by atoms with van der Waals surface area (Å²) in [5.74, 6) is 0.780. The molecule has 0 radical (unpaired) electrons. The molecule has 0 aliphatic carbocycles. The van der Waals surface area contributed by atoms with Crippen LogP contribution in [0.5, 0.6) is 0 Å². The average molecular weight is 430 g/mol. The van der Waals surface area contributed by atoms with E-state index < -0.39 is 0 Å². The molecule has 0 bridgehead atoms. The summed E-state index contributed by atoms with van der Waals surface area (Å²) in [6.45, 7) is 6.07. The van der Waals surface area contributed by atoms with E-state index in [0.29, 0.717) is 11.0 Å². The third kappa shape index (κ3) is 4.67. The summed E-state index contributed by atoms with van der Waals surface area (Å²) in [7, 11) is 0. The number of nitrogens with one attached hydrogen (secondary N) is 1. The van der Waals surface area contributed by atoms with Crippen molar-refractivity contribution in [1.82, 2.24) is 19.7 Å². The fourth-order valence-electron chi connectivity index (χ4n) is 3.52. The Labute approximate surface area is 185 Å². The van der Waals surface area contributed by atoms with E-state index in [4.69, 9.17) is 0 Å². The van der Waals surface area contributed by atoms with Gasteiger partial charge in [-0.1, -0.05) is 53.7 Å². The molecule has 156 valence electrons. The SMILES string of the molecule is Cc1cc(C)c(NC(=O)CSc2nnc(-c3ccccn3)n2-c2ccccc2)c(C)c1. The smallest absolute Gasteiger partial charge is 0.234 e. The van der Waals surface area contributed by atoms with Gasteiger partial charge in [0.2, 0.25) is 5.91 Å². The highest BCUT2D eigenvalue weighted by Gasteiger charge is 2.18. The quantitative estimate of drug-likeness (QED) is 0.437. The minimum Gasteiger partial charge on any atom is -0.325 e. The highest BCUT2D eigenvalue weighted by Crippen LogP contribution is 2.27. The monoisotopic (exact) mass is 429 g/mol. The van der Waals surface area contributed by atoms with Gasteiger partial charge in [0.15, 0.2) is 11.0 Å². The van der Waals surface area contributed by atoms with Crippen molar-refractivity contribution in [2.75, 3.05) is 11.1 Å². The van der Waals surface area contributed by atoms with E-state index in [0.717, 1.165) is 28.2 Å². The number of anilines is 1. The second-order valence-corrected chi connectivity index (χ2v) is 8.25. The highest BCUT2D eigenvalue weighted by atomic mass is 32.2. The molecule has 31 heavy (non-hydrogen) atoms. The number of pyridine rings is 1. The molecule has 0 aliphatic heterocycles. The summed E-state index contributed by atoms with van der Waals surface area (Å²) >= 11 is 1.35. The van der Waals surface area contributed by atoms with Crippen LogP contribution in [0.2, 0.25) is 0 Å². The Morgan fingerprint density at radius 3 is 2.35 bits per heavy atom. The Morgan fingerprint density at radius 1 is 0.968 bits per heavy atom. The van der Waals surface area contributed by atoms with Gasteiger partial charge in [0.1, 0.15) is 5.69 Å². The average Bonchev–Trinajstić information content (AvgIpc) is 3.20. The van der Waals surface area contributed by atoms with Gasteiger partial charge in [0.05, 0.1) is 5.75 Å². The number of para-hydroxylation sites is 1. The summed E-state index contributed by atoms with van der Waals surface area (Å²) < 4.78 is 1.93. The molecule has 0 saturated heterocycles.